The van der Waals surface area contributed by atoms with Crippen molar-refractivity contribution in [3.63, 3.8) is 0 Å². The quantitative estimate of drug-likeness (QED) is 0.426. The molecule has 172 valence electrons. The van der Waals surface area contributed by atoms with E-state index in [1.54, 1.807) is 29.8 Å². The van der Waals surface area contributed by atoms with Gasteiger partial charge in [0.05, 0.1) is 33.8 Å². The highest BCUT2D eigenvalue weighted by molar-refractivity contribution is 6.40. The van der Waals surface area contributed by atoms with Crippen molar-refractivity contribution in [1.29, 1.82) is 0 Å². The number of carbonyl (C=O) groups excluding carboxylic acids is 1. The highest BCUT2D eigenvalue weighted by Crippen LogP contribution is 2.35. The van der Waals surface area contributed by atoms with Crippen molar-refractivity contribution < 1.29 is 4.79 Å². The van der Waals surface area contributed by atoms with E-state index < -0.39 is 6.04 Å². The fourth-order valence-corrected chi connectivity index (χ4v) is 4.82. The zero-order chi connectivity index (χ0) is 24.0. The Labute approximate surface area is 205 Å². The number of nitrogens with zero attached hydrogens (tertiary/aromatic N) is 4. The van der Waals surface area contributed by atoms with Crippen LogP contribution in [0.15, 0.2) is 59.7 Å². The maximum Gasteiger partial charge on any atom is 0.264 e. The van der Waals surface area contributed by atoms with Crippen LogP contribution in [0.4, 0.5) is 11.6 Å². The number of aromatic nitrogens is 3. The molecule has 8 nitrogen and oxygen atoms in total. The Hall–Kier alpha value is -3.62. The van der Waals surface area contributed by atoms with Crippen LogP contribution in [0.2, 0.25) is 10.0 Å². The Kier molecular flexibility index (Phi) is 5.63. The van der Waals surface area contributed by atoms with Gasteiger partial charge in [0.15, 0.2) is 0 Å². The number of benzene rings is 2. The lowest BCUT2D eigenvalue weighted by atomic mass is 10.1. The third-order valence-corrected chi connectivity index (χ3v) is 6.51. The average Bonchev–Trinajstić information content (AvgIpc) is 2.84. The van der Waals surface area contributed by atoms with Gasteiger partial charge in [0, 0.05) is 18.1 Å². The lowest BCUT2D eigenvalue weighted by Crippen LogP contribution is -2.38. The number of fused-ring (bicyclic) bond motifs is 2. The summed E-state index contributed by atoms with van der Waals surface area (Å²) in [7, 11) is 1.69. The van der Waals surface area contributed by atoms with E-state index in [1.807, 2.05) is 37.3 Å². The minimum Gasteiger partial charge on any atom is -0.361 e. The van der Waals surface area contributed by atoms with Crippen LogP contribution in [-0.4, -0.2) is 39.1 Å². The standard InChI is InChI=1S/C24H20Cl2N6O2/c1-13(30-22-18-21(27-11-28-22)29-12-31(2)23(18)33)20-19(26)15-9-6-10-16(25)17(15)24(34)32(20)14-7-4-3-5-8-14/h3-11,13H,12H2,1-2H3,(H2,27,28,29,30)/t13-/m0/s1. The minimum atomic E-state index is -0.511. The smallest absolute Gasteiger partial charge is 0.264 e. The fraction of sp³-hybridized carbons (Fsp3) is 0.167. The van der Waals surface area contributed by atoms with Crippen LogP contribution in [-0.2, 0) is 0 Å². The van der Waals surface area contributed by atoms with Crippen molar-refractivity contribution in [3.05, 3.63) is 86.5 Å². The SMILES string of the molecule is C[C@H](Nc1ncnc2c1C(=O)N(C)CN2)c1c(Cl)c2cccc(Cl)c2c(=O)n1-c1ccccc1. The molecule has 34 heavy (non-hydrogen) atoms. The number of hydrogen-bond donors (Lipinski definition) is 2. The van der Waals surface area contributed by atoms with Gasteiger partial charge < -0.3 is 15.5 Å². The number of para-hydroxylation sites is 1. The first-order valence-electron chi connectivity index (χ1n) is 10.6. The van der Waals surface area contributed by atoms with Crippen LogP contribution in [0.5, 0.6) is 0 Å². The number of halogens is 2. The van der Waals surface area contributed by atoms with Gasteiger partial charge in [-0.05, 0) is 25.1 Å². The summed E-state index contributed by atoms with van der Waals surface area (Å²) < 4.78 is 1.55. The van der Waals surface area contributed by atoms with E-state index in [1.165, 1.54) is 11.2 Å². The van der Waals surface area contributed by atoms with Gasteiger partial charge in [0.25, 0.3) is 11.5 Å². The Morgan fingerprint density at radius 3 is 2.59 bits per heavy atom. The van der Waals surface area contributed by atoms with E-state index in [2.05, 4.69) is 20.6 Å². The van der Waals surface area contributed by atoms with Crippen LogP contribution in [0, 0.1) is 0 Å². The van der Waals surface area contributed by atoms with Crippen molar-refractivity contribution >= 4 is 51.5 Å². The molecule has 1 aliphatic rings. The highest BCUT2D eigenvalue weighted by atomic mass is 35.5. The number of hydrogen-bond acceptors (Lipinski definition) is 6. The number of carbonyl (C=O) groups is 1. The summed E-state index contributed by atoms with van der Waals surface area (Å²) in [4.78, 5) is 36.6. The molecule has 0 saturated carbocycles. The third kappa shape index (κ3) is 3.55. The van der Waals surface area contributed by atoms with Crippen molar-refractivity contribution in [1.82, 2.24) is 19.4 Å². The maximum absolute atomic E-state index is 13.7. The number of pyridine rings is 1. The molecule has 10 heteroatoms. The summed E-state index contributed by atoms with van der Waals surface area (Å²) in [6.45, 7) is 2.21. The minimum absolute atomic E-state index is 0.208. The van der Waals surface area contributed by atoms with Gasteiger partial charge >= 0.3 is 0 Å². The second-order valence-electron chi connectivity index (χ2n) is 7.99. The monoisotopic (exact) mass is 494 g/mol. The molecular weight excluding hydrogens is 475 g/mol. The first-order chi connectivity index (χ1) is 16.4. The van der Waals surface area contributed by atoms with Crippen molar-refractivity contribution in [2.75, 3.05) is 24.3 Å². The molecule has 0 fully saturated rings. The van der Waals surface area contributed by atoms with Crippen LogP contribution >= 0.6 is 23.2 Å². The second-order valence-corrected chi connectivity index (χ2v) is 8.77. The third-order valence-electron chi connectivity index (χ3n) is 5.80. The molecule has 0 bridgehead atoms. The van der Waals surface area contributed by atoms with E-state index in [0.717, 1.165) is 0 Å². The van der Waals surface area contributed by atoms with E-state index >= 15 is 0 Å². The second kappa shape index (κ2) is 8.62. The van der Waals surface area contributed by atoms with Crippen molar-refractivity contribution in [2.45, 2.75) is 13.0 Å². The molecule has 1 atom stereocenters. The Morgan fingerprint density at radius 2 is 1.82 bits per heavy atom. The summed E-state index contributed by atoms with van der Waals surface area (Å²) in [5.41, 5.74) is 1.20. The van der Waals surface area contributed by atoms with E-state index in [4.69, 9.17) is 23.2 Å². The molecular formula is C24H20Cl2N6O2. The first kappa shape index (κ1) is 22.2. The van der Waals surface area contributed by atoms with Gasteiger partial charge in [0.1, 0.15) is 23.5 Å². The zero-order valence-electron chi connectivity index (χ0n) is 18.3. The van der Waals surface area contributed by atoms with Crippen LogP contribution in [0.25, 0.3) is 16.5 Å². The molecule has 0 radical (unpaired) electrons. The summed E-state index contributed by atoms with van der Waals surface area (Å²) in [6, 6.07) is 13.9. The van der Waals surface area contributed by atoms with Gasteiger partial charge in [0.2, 0.25) is 0 Å². The van der Waals surface area contributed by atoms with E-state index in [9.17, 15) is 9.59 Å². The van der Waals surface area contributed by atoms with E-state index in [0.29, 0.717) is 56.1 Å². The molecule has 3 heterocycles. The molecule has 4 aromatic rings. The molecule has 0 spiro atoms. The number of amides is 1. The van der Waals surface area contributed by atoms with E-state index in [-0.39, 0.29) is 11.5 Å². The van der Waals surface area contributed by atoms with Crippen molar-refractivity contribution in [3.8, 4) is 5.69 Å². The maximum atomic E-state index is 13.7. The Morgan fingerprint density at radius 1 is 1.06 bits per heavy atom. The first-order valence-corrected chi connectivity index (χ1v) is 11.3. The topological polar surface area (TPSA) is 92.2 Å². The molecule has 5 rings (SSSR count). The molecule has 2 aromatic heterocycles. The lowest BCUT2D eigenvalue weighted by molar-refractivity contribution is 0.0796. The van der Waals surface area contributed by atoms with Gasteiger partial charge in [-0.3, -0.25) is 14.2 Å². The molecule has 2 aromatic carbocycles. The molecule has 1 amide bonds. The van der Waals surface area contributed by atoms with Gasteiger partial charge in [-0.1, -0.05) is 53.5 Å². The van der Waals surface area contributed by atoms with Crippen LogP contribution in [0.3, 0.4) is 0 Å². The largest absolute Gasteiger partial charge is 0.361 e. The molecule has 1 aliphatic heterocycles. The Bertz CT molecular complexity index is 1490. The Balaban J connectivity index is 1.72. The molecule has 2 N–H and O–H groups in total. The van der Waals surface area contributed by atoms with Crippen LogP contribution < -0.4 is 16.2 Å². The lowest BCUT2D eigenvalue weighted by Gasteiger charge is -2.28. The summed E-state index contributed by atoms with van der Waals surface area (Å²) in [5, 5.41) is 7.98. The molecule has 0 aliphatic carbocycles. The van der Waals surface area contributed by atoms with Gasteiger partial charge in [-0.15, -0.1) is 0 Å². The zero-order valence-corrected chi connectivity index (χ0v) is 19.9. The highest BCUT2D eigenvalue weighted by Gasteiger charge is 2.29. The van der Waals surface area contributed by atoms with Crippen molar-refractivity contribution in [2.24, 2.45) is 0 Å². The number of rotatable bonds is 4. The number of anilines is 2. The molecule has 0 saturated heterocycles. The van der Waals surface area contributed by atoms with Crippen LogP contribution in [0.1, 0.15) is 29.0 Å². The number of nitrogens with one attached hydrogen (secondary N) is 2. The predicted octanol–water partition coefficient (Wildman–Crippen LogP) is 4.72. The summed E-state index contributed by atoms with van der Waals surface area (Å²) in [6.07, 6.45) is 1.38. The predicted molar refractivity (Wildman–Crippen MR) is 134 cm³/mol. The fourth-order valence-electron chi connectivity index (χ4n) is 4.16. The normalized spacial score (nSPS) is 14.0. The summed E-state index contributed by atoms with van der Waals surface area (Å²) >= 11 is 13.3. The van der Waals surface area contributed by atoms with Gasteiger partial charge in [-0.2, -0.15) is 0 Å². The molecule has 0 unspecified atom stereocenters. The summed E-state index contributed by atoms with van der Waals surface area (Å²) in [5.74, 6) is 0.585. The van der Waals surface area contributed by atoms with Gasteiger partial charge in [-0.25, -0.2) is 9.97 Å². The average molecular weight is 495 g/mol.